The van der Waals surface area contributed by atoms with Crippen LogP contribution in [0.5, 0.6) is 0 Å². The molecule has 0 bridgehead atoms. The number of carbonyl (C=O) groups excluding carboxylic acids is 2. The van der Waals surface area contributed by atoms with Crippen LogP contribution in [-0.4, -0.2) is 48.4 Å². The zero-order valence-corrected chi connectivity index (χ0v) is 15.2. The Hall–Kier alpha value is -2.55. The van der Waals surface area contributed by atoms with E-state index in [1.165, 1.54) is 18.2 Å². The smallest absolute Gasteiger partial charge is 0.325 e. The number of carboxylic acid groups (broad SMARTS) is 2. The maximum absolute atomic E-state index is 12.8. The predicted octanol–water partition coefficient (Wildman–Crippen LogP) is 1.58. The van der Waals surface area contributed by atoms with Crippen molar-refractivity contribution in [2.45, 2.75) is 37.5 Å². The summed E-state index contributed by atoms with van der Waals surface area (Å²) in [6.07, 6.45) is 0.500. The number of carbonyl (C=O) groups is 4. The Morgan fingerprint density at radius 1 is 1.08 bits per heavy atom. The average molecular weight is 384 g/mol. The molecule has 8 nitrogen and oxygen atoms in total. The van der Waals surface area contributed by atoms with Crippen molar-refractivity contribution in [3.05, 3.63) is 29.8 Å². The fraction of sp³-hybridized carbons (Fsp3) is 0.412. The van der Waals surface area contributed by atoms with E-state index in [4.69, 9.17) is 5.11 Å². The first-order valence-corrected chi connectivity index (χ1v) is 9.63. The van der Waals surface area contributed by atoms with Crippen LogP contribution >= 0.6 is 0 Å². The standard InChI is InChI=1S/C17H20O8S/c1-11(18)17(16(22)23,9-4-3-8-14(19)20)15(21)12-6-5-7-13(10-12)26(2,24)25/h5-7,10H,3-4,8-9H2,1-2H3,(H,19,20)(H,22,23). The van der Waals surface area contributed by atoms with Gasteiger partial charge in [0.05, 0.1) is 4.90 Å². The van der Waals surface area contributed by atoms with Gasteiger partial charge in [0, 0.05) is 18.2 Å². The minimum Gasteiger partial charge on any atom is -0.481 e. The van der Waals surface area contributed by atoms with Crippen LogP contribution in [-0.2, 0) is 24.2 Å². The number of rotatable bonds is 10. The highest BCUT2D eigenvalue weighted by atomic mass is 32.2. The van der Waals surface area contributed by atoms with Gasteiger partial charge in [-0.3, -0.25) is 19.2 Å². The minimum absolute atomic E-state index is 0.0374. The third kappa shape index (κ3) is 4.75. The molecule has 0 aliphatic carbocycles. The van der Waals surface area contributed by atoms with Crippen molar-refractivity contribution in [2.75, 3.05) is 6.26 Å². The maximum Gasteiger partial charge on any atom is 0.325 e. The molecule has 1 rings (SSSR count). The molecular weight excluding hydrogens is 364 g/mol. The van der Waals surface area contributed by atoms with Gasteiger partial charge in [0.25, 0.3) is 0 Å². The second kappa shape index (κ2) is 8.22. The van der Waals surface area contributed by atoms with E-state index in [0.29, 0.717) is 0 Å². The Bertz CT molecular complexity index is 824. The van der Waals surface area contributed by atoms with Crippen LogP contribution in [0.1, 0.15) is 43.0 Å². The molecule has 0 amide bonds. The zero-order valence-electron chi connectivity index (χ0n) is 14.4. The second-order valence-electron chi connectivity index (χ2n) is 6.00. The first-order valence-electron chi connectivity index (χ1n) is 7.74. The summed E-state index contributed by atoms with van der Waals surface area (Å²) in [7, 11) is -3.63. The Labute approximate surface area is 150 Å². The van der Waals surface area contributed by atoms with Crippen molar-refractivity contribution >= 4 is 33.3 Å². The van der Waals surface area contributed by atoms with Crippen molar-refractivity contribution < 1.29 is 37.8 Å². The summed E-state index contributed by atoms with van der Waals surface area (Å²) in [4.78, 5) is 47.2. The van der Waals surface area contributed by atoms with Gasteiger partial charge in [0.2, 0.25) is 0 Å². The number of hydrogen-bond acceptors (Lipinski definition) is 6. The lowest BCUT2D eigenvalue weighted by atomic mass is 9.73. The molecule has 0 heterocycles. The van der Waals surface area contributed by atoms with Gasteiger partial charge >= 0.3 is 11.9 Å². The summed E-state index contributed by atoms with van der Waals surface area (Å²) < 4.78 is 23.3. The van der Waals surface area contributed by atoms with E-state index in [-0.39, 0.29) is 36.1 Å². The van der Waals surface area contributed by atoms with Crippen molar-refractivity contribution in [3.8, 4) is 0 Å². The van der Waals surface area contributed by atoms with Crippen LogP contribution in [0.15, 0.2) is 29.2 Å². The van der Waals surface area contributed by atoms with E-state index in [1.54, 1.807) is 0 Å². The summed E-state index contributed by atoms with van der Waals surface area (Å²) in [5.74, 6) is -4.62. The largest absolute Gasteiger partial charge is 0.481 e. The molecule has 26 heavy (non-hydrogen) atoms. The normalized spacial score (nSPS) is 13.6. The van der Waals surface area contributed by atoms with Crippen LogP contribution in [0.3, 0.4) is 0 Å². The molecule has 0 saturated carbocycles. The minimum atomic E-state index is -3.63. The topological polar surface area (TPSA) is 143 Å². The molecule has 0 aliphatic heterocycles. The van der Waals surface area contributed by atoms with E-state index < -0.39 is 38.8 Å². The molecule has 0 saturated heterocycles. The highest BCUT2D eigenvalue weighted by Crippen LogP contribution is 2.32. The molecule has 1 aromatic rings. The van der Waals surface area contributed by atoms with Gasteiger partial charge in [-0.15, -0.1) is 0 Å². The summed E-state index contributed by atoms with van der Waals surface area (Å²) in [5, 5.41) is 18.2. The van der Waals surface area contributed by atoms with Gasteiger partial charge in [-0.2, -0.15) is 0 Å². The fourth-order valence-corrected chi connectivity index (χ4v) is 3.25. The molecule has 0 aromatic heterocycles. The Balaban J connectivity index is 3.30. The molecular formula is C17H20O8S. The third-order valence-electron chi connectivity index (χ3n) is 4.07. The zero-order chi connectivity index (χ0) is 20.1. The number of benzene rings is 1. The van der Waals surface area contributed by atoms with Crippen LogP contribution in [0.25, 0.3) is 0 Å². The SMILES string of the molecule is CC(=O)C(CCCCC(=O)O)(C(=O)O)C(=O)c1cccc(S(C)(=O)=O)c1. The number of sulfone groups is 1. The molecule has 0 radical (unpaired) electrons. The van der Waals surface area contributed by atoms with Crippen molar-refractivity contribution in [1.82, 2.24) is 0 Å². The number of ketones is 2. The summed E-state index contributed by atoms with van der Waals surface area (Å²) in [6.45, 7) is 0.976. The maximum atomic E-state index is 12.8. The molecule has 1 aromatic carbocycles. The van der Waals surface area contributed by atoms with Crippen LogP contribution in [0.4, 0.5) is 0 Å². The van der Waals surface area contributed by atoms with E-state index >= 15 is 0 Å². The van der Waals surface area contributed by atoms with Gasteiger partial charge in [0.1, 0.15) is 0 Å². The van der Waals surface area contributed by atoms with E-state index in [1.807, 2.05) is 0 Å². The lowest BCUT2D eigenvalue weighted by Crippen LogP contribution is -2.45. The van der Waals surface area contributed by atoms with Crippen LogP contribution < -0.4 is 0 Å². The molecule has 9 heteroatoms. The highest BCUT2D eigenvalue weighted by molar-refractivity contribution is 7.90. The monoisotopic (exact) mass is 384 g/mol. The molecule has 1 atom stereocenters. The van der Waals surface area contributed by atoms with Crippen molar-refractivity contribution in [1.29, 1.82) is 0 Å². The Morgan fingerprint density at radius 3 is 2.15 bits per heavy atom. The number of Topliss-reactive ketones (excluding diaryl/α,β-unsaturated/α-hetero) is 2. The lowest BCUT2D eigenvalue weighted by molar-refractivity contribution is -0.151. The van der Waals surface area contributed by atoms with E-state index in [9.17, 15) is 32.7 Å². The van der Waals surface area contributed by atoms with Crippen LogP contribution in [0, 0.1) is 5.41 Å². The second-order valence-corrected chi connectivity index (χ2v) is 8.01. The van der Waals surface area contributed by atoms with Gasteiger partial charge in [-0.25, -0.2) is 8.42 Å². The first-order chi connectivity index (χ1) is 11.9. The lowest BCUT2D eigenvalue weighted by Gasteiger charge is -2.25. The number of carboxylic acids is 2. The number of hydrogen-bond donors (Lipinski definition) is 2. The fourth-order valence-electron chi connectivity index (χ4n) is 2.58. The Morgan fingerprint density at radius 2 is 1.69 bits per heavy atom. The summed E-state index contributed by atoms with van der Waals surface area (Å²) in [6, 6.07) is 4.83. The molecule has 0 aliphatic rings. The predicted molar refractivity (Wildman–Crippen MR) is 90.7 cm³/mol. The van der Waals surface area contributed by atoms with Crippen molar-refractivity contribution in [2.24, 2.45) is 5.41 Å². The number of aliphatic carboxylic acids is 2. The summed E-state index contributed by atoms with van der Waals surface area (Å²) >= 11 is 0. The first kappa shape index (κ1) is 21.5. The molecule has 1 unspecified atom stereocenters. The summed E-state index contributed by atoms with van der Waals surface area (Å²) in [5.41, 5.74) is -2.59. The number of unbranched alkanes of at least 4 members (excludes halogenated alkanes) is 1. The Kier molecular flexibility index (Phi) is 6.79. The van der Waals surface area contributed by atoms with E-state index in [0.717, 1.165) is 19.2 Å². The average Bonchev–Trinajstić information content (AvgIpc) is 2.53. The van der Waals surface area contributed by atoms with Gasteiger partial charge in [-0.05, 0) is 31.9 Å². The van der Waals surface area contributed by atoms with Gasteiger partial charge < -0.3 is 10.2 Å². The van der Waals surface area contributed by atoms with Gasteiger partial charge in [0.15, 0.2) is 26.8 Å². The van der Waals surface area contributed by atoms with Crippen molar-refractivity contribution in [3.63, 3.8) is 0 Å². The molecule has 0 spiro atoms. The highest BCUT2D eigenvalue weighted by Gasteiger charge is 2.50. The van der Waals surface area contributed by atoms with Gasteiger partial charge in [-0.1, -0.05) is 18.6 Å². The third-order valence-corrected chi connectivity index (χ3v) is 5.18. The quantitative estimate of drug-likeness (QED) is 0.351. The van der Waals surface area contributed by atoms with E-state index in [2.05, 4.69) is 0 Å². The molecule has 2 N–H and O–H groups in total. The molecule has 142 valence electrons. The van der Waals surface area contributed by atoms with Crippen LogP contribution in [0.2, 0.25) is 0 Å². The molecule has 0 fully saturated rings.